The minimum atomic E-state index is 0.0890. The first-order valence-electron chi connectivity index (χ1n) is 12.9. The molecule has 0 amide bonds. The summed E-state index contributed by atoms with van der Waals surface area (Å²) in [5.74, 6) is 1.12. The Morgan fingerprint density at radius 1 is 0.735 bits per heavy atom. The third kappa shape index (κ3) is 12.9. The van der Waals surface area contributed by atoms with Crippen LogP contribution in [0.1, 0.15) is 84.0 Å². The van der Waals surface area contributed by atoms with Crippen LogP contribution in [-0.2, 0) is 0 Å². The van der Waals surface area contributed by atoms with E-state index in [1.165, 1.54) is 70.6 Å². The second-order valence-corrected chi connectivity index (χ2v) is 8.69. The summed E-state index contributed by atoms with van der Waals surface area (Å²) in [5.41, 5.74) is 13.3. The smallest absolute Gasteiger partial charge is 0.223 e. The molecule has 2 aromatic rings. The topological polar surface area (TPSA) is 98.0 Å². The van der Waals surface area contributed by atoms with E-state index in [-0.39, 0.29) is 11.9 Å². The summed E-state index contributed by atoms with van der Waals surface area (Å²) in [6.45, 7) is 3.02. The van der Waals surface area contributed by atoms with Crippen LogP contribution in [-0.4, -0.2) is 18.5 Å². The molecule has 0 atom stereocenters. The molecular weight excluding hydrogens is 422 g/mol. The highest BCUT2D eigenvalue weighted by molar-refractivity contribution is 6.01. The van der Waals surface area contributed by atoms with Gasteiger partial charge in [0.05, 0.1) is 12.3 Å². The summed E-state index contributed by atoms with van der Waals surface area (Å²) in [6, 6.07) is 17.1. The number of nitrogens with one attached hydrogen (secondary N) is 1. The minimum Gasteiger partial charge on any atom is -0.494 e. The SMILES string of the molecule is CCCCCCCCCCCCCCOc1ccc(N=C(N)/N=C(\N)Nc2ccccc2)cc1. The second-order valence-electron chi connectivity index (χ2n) is 8.69. The highest BCUT2D eigenvalue weighted by Gasteiger charge is 1.99. The lowest BCUT2D eigenvalue weighted by Gasteiger charge is -2.07. The van der Waals surface area contributed by atoms with Crippen LogP contribution >= 0.6 is 0 Å². The predicted octanol–water partition coefficient (Wildman–Crippen LogP) is 7.14. The molecule has 0 radical (unpaired) electrons. The Balaban J connectivity index is 1.56. The molecule has 6 nitrogen and oxygen atoms in total. The van der Waals surface area contributed by atoms with Crippen molar-refractivity contribution in [2.24, 2.45) is 21.5 Å². The van der Waals surface area contributed by atoms with Crippen LogP contribution in [0.25, 0.3) is 0 Å². The number of aliphatic imine (C=N–C) groups is 2. The average molecular weight is 466 g/mol. The zero-order valence-corrected chi connectivity index (χ0v) is 20.8. The number of hydrogen-bond acceptors (Lipinski definition) is 2. The van der Waals surface area contributed by atoms with Gasteiger partial charge in [-0.1, -0.05) is 95.8 Å². The van der Waals surface area contributed by atoms with Crippen molar-refractivity contribution in [3.63, 3.8) is 0 Å². The highest BCUT2D eigenvalue weighted by Crippen LogP contribution is 2.19. The third-order valence-corrected chi connectivity index (χ3v) is 5.63. The molecular formula is C28H43N5O. The van der Waals surface area contributed by atoms with Crippen molar-refractivity contribution in [2.45, 2.75) is 84.0 Å². The lowest BCUT2D eigenvalue weighted by Crippen LogP contribution is -2.25. The van der Waals surface area contributed by atoms with Crippen LogP contribution in [0.15, 0.2) is 64.6 Å². The van der Waals surface area contributed by atoms with Crippen molar-refractivity contribution in [2.75, 3.05) is 11.9 Å². The fraction of sp³-hybridized carbons (Fsp3) is 0.500. The van der Waals surface area contributed by atoms with E-state index in [1.807, 2.05) is 54.6 Å². The van der Waals surface area contributed by atoms with Gasteiger partial charge in [0.15, 0.2) is 0 Å². The summed E-state index contributed by atoms with van der Waals surface area (Å²) in [6.07, 6.45) is 16.1. The predicted molar refractivity (Wildman–Crippen MR) is 146 cm³/mol. The number of nitrogens with zero attached hydrogens (tertiary/aromatic N) is 2. The Labute approximate surface area is 205 Å². The maximum Gasteiger partial charge on any atom is 0.223 e. The zero-order valence-electron chi connectivity index (χ0n) is 20.8. The van der Waals surface area contributed by atoms with Gasteiger partial charge in [0.1, 0.15) is 5.75 Å². The van der Waals surface area contributed by atoms with Crippen LogP contribution in [0, 0.1) is 0 Å². The van der Waals surface area contributed by atoms with E-state index >= 15 is 0 Å². The van der Waals surface area contributed by atoms with E-state index in [4.69, 9.17) is 16.2 Å². The van der Waals surface area contributed by atoms with Gasteiger partial charge in [0, 0.05) is 5.69 Å². The molecule has 0 unspecified atom stereocenters. The summed E-state index contributed by atoms with van der Waals surface area (Å²) in [7, 11) is 0. The van der Waals surface area contributed by atoms with Gasteiger partial charge < -0.3 is 21.5 Å². The van der Waals surface area contributed by atoms with Gasteiger partial charge in [-0.3, -0.25) is 0 Å². The molecule has 0 fully saturated rings. The van der Waals surface area contributed by atoms with Crippen molar-refractivity contribution >= 4 is 23.3 Å². The Bertz CT molecular complexity index is 834. The normalized spacial score (nSPS) is 12.0. The second kappa shape index (κ2) is 17.5. The van der Waals surface area contributed by atoms with Gasteiger partial charge in [-0.25, -0.2) is 4.99 Å². The first kappa shape index (κ1) is 27.2. The quantitative estimate of drug-likeness (QED) is 0.139. The molecule has 0 aliphatic heterocycles. The van der Waals surface area contributed by atoms with Crippen LogP contribution in [0.3, 0.4) is 0 Å². The van der Waals surface area contributed by atoms with Gasteiger partial charge in [-0.2, -0.15) is 4.99 Å². The number of para-hydroxylation sites is 1. The van der Waals surface area contributed by atoms with E-state index in [0.29, 0.717) is 5.69 Å². The fourth-order valence-corrected chi connectivity index (χ4v) is 3.73. The molecule has 0 aromatic heterocycles. The van der Waals surface area contributed by atoms with Crippen molar-refractivity contribution in [1.82, 2.24) is 0 Å². The third-order valence-electron chi connectivity index (χ3n) is 5.63. The lowest BCUT2D eigenvalue weighted by molar-refractivity contribution is 0.304. The van der Waals surface area contributed by atoms with Crippen LogP contribution in [0.2, 0.25) is 0 Å². The molecule has 0 aliphatic rings. The number of guanidine groups is 2. The standard InChI is InChI=1S/C28H43N5O/c1-2-3-4-5-6-7-8-9-10-11-12-16-23-34-26-21-19-25(20-22-26)32-28(30)33-27(29)31-24-17-14-13-15-18-24/h13-15,17-22H,2-12,16,23H2,1H3,(H5,29,30,31,32,33). The van der Waals surface area contributed by atoms with Crippen LogP contribution in [0.4, 0.5) is 11.4 Å². The number of hydrogen-bond donors (Lipinski definition) is 3. The zero-order chi connectivity index (χ0) is 24.3. The maximum absolute atomic E-state index is 5.90. The van der Waals surface area contributed by atoms with Crippen LogP contribution in [0.5, 0.6) is 5.75 Å². The lowest BCUT2D eigenvalue weighted by atomic mass is 10.1. The molecule has 5 N–H and O–H groups in total. The first-order valence-corrected chi connectivity index (χ1v) is 12.9. The van der Waals surface area contributed by atoms with Crippen LogP contribution < -0.4 is 21.5 Å². The number of benzene rings is 2. The molecule has 34 heavy (non-hydrogen) atoms. The number of nitrogens with two attached hydrogens (primary N) is 2. The summed E-state index contributed by atoms with van der Waals surface area (Å²) in [5, 5.41) is 2.97. The summed E-state index contributed by atoms with van der Waals surface area (Å²) < 4.78 is 5.85. The van der Waals surface area contributed by atoms with E-state index < -0.39 is 0 Å². The molecule has 186 valence electrons. The number of unbranched alkanes of at least 4 members (excludes halogenated alkanes) is 11. The molecule has 0 spiro atoms. The Hall–Kier alpha value is -3.02. The van der Waals surface area contributed by atoms with E-state index in [1.54, 1.807) is 0 Å². The summed E-state index contributed by atoms with van der Waals surface area (Å²) in [4.78, 5) is 8.37. The highest BCUT2D eigenvalue weighted by atomic mass is 16.5. The Morgan fingerprint density at radius 2 is 1.29 bits per heavy atom. The Morgan fingerprint density at radius 3 is 1.88 bits per heavy atom. The fourth-order valence-electron chi connectivity index (χ4n) is 3.73. The molecule has 0 bridgehead atoms. The van der Waals surface area contributed by atoms with Crippen molar-refractivity contribution in [3.05, 3.63) is 54.6 Å². The number of anilines is 1. The molecule has 0 aliphatic carbocycles. The molecule has 2 rings (SSSR count). The number of ether oxygens (including phenoxy) is 1. The van der Waals surface area contributed by atoms with Gasteiger partial charge in [-0.15, -0.1) is 0 Å². The minimum absolute atomic E-state index is 0.0890. The summed E-state index contributed by atoms with van der Waals surface area (Å²) >= 11 is 0. The molecule has 2 aromatic carbocycles. The van der Waals surface area contributed by atoms with Gasteiger partial charge in [0.2, 0.25) is 11.9 Å². The monoisotopic (exact) mass is 465 g/mol. The van der Waals surface area contributed by atoms with Gasteiger partial charge in [0.25, 0.3) is 0 Å². The van der Waals surface area contributed by atoms with Gasteiger partial charge >= 0.3 is 0 Å². The first-order chi connectivity index (χ1) is 16.7. The van der Waals surface area contributed by atoms with E-state index in [9.17, 15) is 0 Å². The van der Waals surface area contributed by atoms with E-state index in [2.05, 4.69) is 22.2 Å². The largest absolute Gasteiger partial charge is 0.494 e. The molecule has 0 saturated heterocycles. The van der Waals surface area contributed by atoms with E-state index in [0.717, 1.165) is 24.5 Å². The molecule has 6 heteroatoms. The average Bonchev–Trinajstić information content (AvgIpc) is 2.83. The van der Waals surface area contributed by atoms with Crippen molar-refractivity contribution < 1.29 is 4.74 Å². The molecule has 0 heterocycles. The Kier molecular flexibility index (Phi) is 14.0. The van der Waals surface area contributed by atoms with Crippen molar-refractivity contribution in [1.29, 1.82) is 0 Å². The number of rotatable bonds is 16. The van der Waals surface area contributed by atoms with Gasteiger partial charge in [-0.05, 0) is 42.8 Å². The maximum atomic E-state index is 5.90. The molecule has 0 saturated carbocycles. The van der Waals surface area contributed by atoms with Crippen molar-refractivity contribution in [3.8, 4) is 5.75 Å².